The minimum absolute atomic E-state index is 0.0204. The lowest BCUT2D eigenvalue weighted by molar-refractivity contribution is -0.914. The summed E-state index contributed by atoms with van der Waals surface area (Å²) in [6.07, 6.45) is 6.38. The highest BCUT2D eigenvalue weighted by Gasteiger charge is 2.25. The summed E-state index contributed by atoms with van der Waals surface area (Å²) in [5, 5.41) is 3.01. The average Bonchev–Trinajstić information content (AvgIpc) is 2.47. The molecule has 0 aliphatic carbocycles. The first-order valence-electron chi connectivity index (χ1n) is 8.01. The van der Waals surface area contributed by atoms with Crippen molar-refractivity contribution in [1.82, 2.24) is 0 Å². The van der Waals surface area contributed by atoms with Crippen LogP contribution in [-0.4, -0.2) is 32.1 Å². The maximum atomic E-state index is 12.5. The molecule has 0 radical (unpaired) electrons. The van der Waals surface area contributed by atoms with Crippen molar-refractivity contribution in [3.63, 3.8) is 0 Å². The number of ether oxygens (including phenoxy) is 1. The smallest absolute Gasteiger partial charge is 0.282 e. The van der Waals surface area contributed by atoms with E-state index < -0.39 is 0 Å². The monoisotopic (exact) mass is 291 g/mol. The van der Waals surface area contributed by atoms with Gasteiger partial charge in [0.15, 0.2) is 6.04 Å². The zero-order chi connectivity index (χ0) is 15.1. The van der Waals surface area contributed by atoms with Crippen molar-refractivity contribution in [2.45, 2.75) is 45.1 Å². The molecule has 1 aromatic rings. The van der Waals surface area contributed by atoms with Crippen LogP contribution in [0, 0.1) is 0 Å². The molecule has 1 amide bonds. The Balaban J connectivity index is 1.97. The van der Waals surface area contributed by atoms with Crippen LogP contribution in [0.3, 0.4) is 0 Å². The molecule has 1 atom stereocenters. The predicted molar refractivity (Wildman–Crippen MR) is 84.9 cm³/mol. The Morgan fingerprint density at radius 2 is 1.76 bits per heavy atom. The minimum Gasteiger partial charge on any atom is -0.495 e. The van der Waals surface area contributed by atoms with Crippen molar-refractivity contribution in [3.05, 3.63) is 24.3 Å². The normalized spacial score (nSPS) is 18.4. The molecule has 1 aliphatic heterocycles. The van der Waals surface area contributed by atoms with E-state index in [0.717, 1.165) is 18.8 Å². The summed E-state index contributed by atoms with van der Waals surface area (Å²) in [4.78, 5) is 13.9. The molecule has 1 aromatic carbocycles. The lowest BCUT2D eigenvalue weighted by Gasteiger charge is -2.27. The first-order chi connectivity index (χ1) is 10.2. The van der Waals surface area contributed by atoms with Gasteiger partial charge in [-0.15, -0.1) is 0 Å². The van der Waals surface area contributed by atoms with Crippen LogP contribution in [0.5, 0.6) is 5.75 Å². The highest BCUT2D eigenvalue weighted by atomic mass is 16.5. The molecule has 116 valence electrons. The fourth-order valence-electron chi connectivity index (χ4n) is 2.97. The van der Waals surface area contributed by atoms with Gasteiger partial charge in [0.25, 0.3) is 5.91 Å². The summed E-state index contributed by atoms with van der Waals surface area (Å²) in [5.41, 5.74) is 0.753. The third kappa shape index (κ3) is 4.46. The third-order valence-electron chi connectivity index (χ3n) is 4.37. The van der Waals surface area contributed by atoms with Gasteiger partial charge in [0.2, 0.25) is 0 Å². The molecule has 21 heavy (non-hydrogen) atoms. The van der Waals surface area contributed by atoms with E-state index in [9.17, 15) is 4.79 Å². The Morgan fingerprint density at radius 1 is 1.14 bits per heavy atom. The molecule has 0 saturated carbocycles. The van der Waals surface area contributed by atoms with Crippen molar-refractivity contribution in [2.75, 3.05) is 25.5 Å². The van der Waals surface area contributed by atoms with E-state index in [1.807, 2.05) is 31.2 Å². The molecule has 0 unspecified atom stereocenters. The van der Waals surface area contributed by atoms with Crippen molar-refractivity contribution >= 4 is 11.6 Å². The topological polar surface area (TPSA) is 42.8 Å². The van der Waals surface area contributed by atoms with Gasteiger partial charge in [0.05, 0.1) is 25.9 Å². The zero-order valence-corrected chi connectivity index (χ0v) is 13.2. The molecule has 0 bridgehead atoms. The SMILES string of the molecule is COc1ccccc1NC(=O)[C@@H](C)[NH+]1CCCCCCC1. The van der Waals surface area contributed by atoms with Crippen LogP contribution in [0.25, 0.3) is 0 Å². The fourth-order valence-corrected chi connectivity index (χ4v) is 2.97. The van der Waals surface area contributed by atoms with Gasteiger partial charge in [-0.2, -0.15) is 0 Å². The largest absolute Gasteiger partial charge is 0.495 e. The number of hydrogen-bond donors (Lipinski definition) is 2. The second kappa shape index (κ2) is 8.03. The van der Waals surface area contributed by atoms with Gasteiger partial charge < -0.3 is 15.0 Å². The van der Waals surface area contributed by atoms with Crippen LogP contribution < -0.4 is 15.0 Å². The lowest BCUT2D eigenvalue weighted by atomic mass is 10.1. The van der Waals surface area contributed by atoms with E-state index in [4.69, 9.17) is 4.74 Å². The van der Waals surface area contributed by atoms with Crippen molar-refractivity contribution in [3.8, 4) is 5.75 Å². The molecule has 2 rings (SSSR count). The van der Waals surface area contributed by atoms with Crippen LogP contribution in [0.2, 0.25) is 0 Å². The van der Waals surface area contributed by atoms with Gasteiger partial charge in [-0.3, -0.25) is 4.79 Å². The quantitative estimate of drug-likeness (QED) is 0.889. The number of para-hydroxylation sites is 2. The van der Waals surface area contributed by atoms with Crippen LogP contribution in [0.1, 0.15) is 39.0 Å². The number of methoxy groups -OCH3 is 1. The Hall–Kier alpha value is -1.55. The van der Waals surface area contributed by atoms with Crippen LogP contribution in [-0.2, 0) is 4.79 Å². The lowest BCUT2D eigenvalue weighted by Crippen LogP contribution is -3.16. The molecule has 4 heteroatoms. The van der Waals surface area contributed by atoms with Crippen molar-refractivity contribution < 1.29 is 14.4 Å². The summed E-state index contributed by atoms with van der Waals surface area (Å²) in [5.74, 6) is 0.788. The number of amides is 1. The van der Waals surface area contributed by atoms with Gasteiger partial charge >= 0.3 is 0 Å². The van der Waals surface area contributed by atoms with E-state index >= 15 is 0 Å². The Labute approximate surface area is 127 Å². The molecule has 1 aliphatic rings. The number of hydrogen-bond acceptors (Lipinski definition) is 2. The second-order valence-corrected chi connectivity index (χ2v) is 5.84. The average molecular weight is 291 g/mol. The molecule has 0 aromatic heterocycles. The molecule has 4 nitrogen and oxygen atoms in total. The first-order valence-corrected chi connectivity index (χ1v) is 8.01. The highest BCUT2D eigenvalue weighted by molar-refractivity contribution is 5.94. The minimum atomic E-state index is -0.0204. The predicted octanol–water partition coefficient (Wildman–Crippen LogP) is 1.87. The molecular formula is C17H27N2O2+. The Bertz CT molecular complexity index is 454. The summed E-state index contributed by atoms with van der Waals surface area (Å²) >= 11 is 0. The fraction of sp³-hybridized carbons (Fsp3) is 0.588. The van der Waals surface area contributed by atoms with E-state index in [0.29, 0.717) is 5.75 Å². The molecule has 0 spiro atoms. The number of rotatable bonds is 4. The highest BCUT2D eigenvalue weighted by Crippen LogP contribution is 2.22. The van der Waals surface area contributed by atoms with Crippen molar-refractivity contribution in [1.29, 1.82) is 0 Å². The van der Waals surface area contributed by atoms with Gasteiger partial charge in [-0.05, 0) is 44.7 Å². The summed E-state index contributed by atoms with van der Waals surface area (Å²) in [6.45, 7) is 4.22. The number of anilines is 1. The number of nitrogens with one attached hydrogen (secondary N) is 2. The van der Waals surface area contributed by atoms with Crippen LogP contribution >= 0.6 is 0 Å². The maximum Gasteiger partial charge on any atom is 0.282 e. The van der Waals surface area contributed by atoms with Gasteiger partial charge in [0, 0.05) is 0 Å². The zero-order valence-electron chi connectivity index (χ0n) is 13.2. The maximum absolute atomic E-state index is 12.5. The Morgan fingerprint density at radius 3 is 2.43 bits per heavy atom. The number of carbonyl (C=O) groups excluding carboxylic acids is 1. The second-order valence-electron chi connectivity index (χ2n) is 5.84. The summed E-state index contributed by atoms with van der Waals surface area (Å²) < 4.78 is 5.29. The first kappa shape index (κ1) is 15.8. The van der Waals surface area contributed by atoms with E-state index in [1.54, 1.807) is 7.11 Å². The van der Waals surface area contributed by atoms with Gasteiger partial charge in [0.1, 0.15) is 5.75 Å². The summed E-state index contributed by atoms with van der Waals surface area (Å²) in [7, 11) is 1.62. The standard InChI is InChI=1S/C17H26N2O2/c1-14(19-12-8-4-3-5-9-13-19)17(20)18-15-10-6-7-11-16(15)21-2/h6-7,10-11,14H,3-5,8-9,12-13H2,1-2H3,(H,18,20)/p+1/t14-/m1/s1. The summed E-state index contributed by atoms with van der Waals surface area (Å²) in [6, 6.07) is 7.54. The molecule has 2 N–H and O–H groups in total. The van der Waals surface area contributed by atoms with Crippen molar-refractivity contribution in [2.24, 2.45) is 0 Å². The number of likely N-dealkylation sites (tertiary alicyclic amines) is 1. The molecule has 1 heterocycles. The van der Waals surface area contributed by atoms with E-state index in [1.165, 1.54) is 37.0 Å². The number of carbonyl (C=O) groups is 1. The molecule has 1 fully saturated rings. The number of benzene rings is 1. The van der Waals surface area contributed by atoms with E-state index in [2.05, 4.69) is 5.32 Å². The molecular weight excluding hydrogens is 264 g/mol. The Kier molecular flexibility index (Phi) is 6.05. The van der Waals surface area contributed by atoms with Crippen LogP contribution in [0.4, 0.5) is 5.69 Å². The van der Waals surface area contributed by atoms with Crippen LogP contribution in [0.15, 0.2) is 24.3 Å². The van der Waals surface area contributed by atoms with E-state index in [-0.39, 0.29) is 11.9 Å². The van der Waals surface area contributed by atoms with Gasteiger partial charge in [-0.1, -0.05) is 18.6 Å². The molecule has 1 saturated heterocycles. The number of quaternary nitrogens is 1. The van der Waals surface area contributed by atoms with Gasteiger partial charge in [-0.25, -0.2) is 0 Å². The third-order valence-corrected chi connectivity index (χ3v) is 4.37.